The van der Waals surface area contributed by atoms with Gasteiger partial charge in [-0.05, 0) is 48.6 Å². The van der Waals surface area contributed by atoms with E-state index in [1.165, 1.54) is 14.2 Å². The van der Waals surface area contributed by atoms with Crippen LogP contribution >= 0.6 is 7.60 Å². The van der Waals surface area contributed by atoms with Gasteiger partial charge in [-0.3, -0.25) is 19.7 Å². The Hall–Kier alpha value is -3.55. The van der Waals surface area contributed by atoms with Gasteiger partial charge >= 0.3 is 13.6 Å². The molecule has 5 rings (SSSR count). The predicted octanol–water partition coefficient (Wildman–Crippen LogP) is 6.16. The Kier molecular flexibility index (Phi) is 7.58. The third-order valence-electron chi connectivity index (χ3n) is 6.87. The molecular formula is C29H29N2O6P. The van der Waals surface area contributed by atoms with E-state index in [0.717, 1.165) is 38.4 Å². The second-order valence-corrected chi connectivity index (χ2v) is 11.6. The van der Waals surface area contributed by atoms with E-state index < -0.39 is 25.4 Å². The quantitative estimate of drug-likeness (QED) is 0.195. The zero-order chi connectivity index (χ0) is 26.7. The van der Waals surface area contributed by atoms with Crippen molar-refractivity contribution in [1.29, 1.82) is 0 Å². The predicted molar refractivity (Wildman–Crippen MR) is 147 cm³/mol. The van der Waals surface area contributed by atoms with Gasteiger partial charge in [0.2, 0.25) is 0 Å². The van der Waals surface area contributed by atoms with Crippen molar-refractivity contribution in [3.05, 3.63) is 90.1 Å². The molecule has 2 aromatic heterocycles. The number of nitrogens with zero attached hydrogens (tertiary/aromatic N) is 1. The van der Waals surface area contributed by atoms with Crippen molar-refractivity contribution >= 4 is 46.4 Å². The van der Waals surface area contributed by atoms with Crippen LogP contribution in [0, 0.1) is 0 Å². The maximum Gasteiger partial charge on any atom is 0.346 e. The van der Waals surface area contributed by atoms with Crippen molar-refractivity contribution in [3.63, 3.8) is 0 Å². The molecule has 0 aliphatic rings. The van der Waals surface area contributed by atoms with Crippen LogP contribution < -0.4 is 5.32 Å². The number of hydrogen-bond acceptors (Lipinski definition) is 7. The Bertz CT molecular complexity index is 1640. The van der Waals surface area contributed by atoms with Gasteiger partial charge in [0, 0.05) is 36.6 Å². The number of aliphatic carboxylic acids is 1. The molecule has 2 N–H and O–H groups in total. The fraction of sp³-hybridized carbons (Fsp3) is 0.241. The first-order chi connectivity index (χ1) is 18.4. The van der Waals surface area contributed by atoms with Crippen LogP contribution in [-0.4, -0.2) is 42.1 Å². The third kappa shape index (κ3) is 5.22. The highest BCUT2D eigenvalue weighted by atomic mass is 31.2. The Morgan fingerprint density at radius 1 is 1.00 bits per heavy atom. The molecule has 0 saturated carbocycles. The lowest BCUT2D eigenvalue weighted by atomic mass is 10.0. The van der Waals surface area contributed by atoms with Gasteiger partial charge in [0.15, 0.2) is 0 Å². The van der Waals surface area contributed by atoms with E-state index >= 15 is 0 Å². The van der Waals surface area contributed by atoms with Crippen molar-refractivity contribution in [2.24, 2.45) is 0 Å². The monoisotopic (exact) mass is 532 g/mol. The fourth-order valence-corrected chi connectivity index (χ4v) is 6.37. The van der Waals surface area contributed by atoms with Gasteiger partial charge in [-0.15, -0.1) is 0 Å². The SMILES string of the molecule is COP(=O)(OC)[C@@H](CCc1cccc2cccnc12)N[C@@H](Cc1ccc2c(c1)oc1ccccc12)C(=O)O. The molecule has 8 nitrogen and oxygen atoms in total. The summed E-state index contributed by atoms with van der Waals surface area (Å²) >= 11 is 0. The number of hydrogen-bond donors (Lipinski definition) is 2. The van der Waals surface area contributed by atoms with E-state index in [1.54, 1.807) is 6.20 Å². The normalized spacial score (nSPS) is 13.7. The lowest BCUT2D eigenvalue weighted by Gasteiger charge is -2.28. The molecule has 2 atom stereocenters. The van der Waals surface area contributed by atoms with Crippen LogP contribution in [0.2, 0.25) is 0 Å². The molecule has 5 aromatic rings. The van der Waals surface area contributed by atoms with Crippen LogP contribution in [0.4, 0.5) is 0 Å². The van der Waals surface area contributed by atoms with E-state index in [-0.39, 0.29) is 6.42 Å². The van der Waals surface area contributed by atoms with Crippen LogP contribution in [0.3, 0.4) is 0 Å². The number of furan rings is 1. The first kappa shape index (κ1) is 26.1. The molecule has 0 fully saturated rings. The summed E-state index contributed by atoms with van der Waals surface area (Å²) in [7, 11) is -1.04. The summed E-state index contributed by atoms with van der Waals surface area (Å²) in [5.74, 6) is -1.92. The molecule has 38 heavy (non-hydrogen) atoms. The first-order valence-corrected chi connectivity index (χ1v) is 14.0. The summed E-state index contributed by atoms with van der Waals surface area (Å²) in [5.41, 5.74) is 4.06. The maximum absolute atomic E-state index is 13.5. The number of carboxylic acid groups (broad SMARTS) is 1. The van der Waals surface area contributed by atoms with E-state index in [9.17, 15) is 14.5 Å². The topological polar surface area (TPSA) is 111 Å². The standard InChI is InChI=1S/C29H29N2O6P/c1-35-38(34,36-2)27(15-13-21-8-5-7-20-9-6-16-30-28(20)21)31-24(29(32)33)17-19-12-14-23-22-10-3-4-11-25(22)37-26(23)18-19/h3-12,14,16,18,24,27,31H,13,15,17H2,1-2H3,(H,32,33)/t24-,27-/m0/s1. The molecule has 0 radical (unpaired) electrons. The number of benzene rings is 3. The highest BCUT2D eigenvalue weighted by Crippen LogP contribution is 2.52. The van der Waals surface area contributed by atoms with Crippen LogP contribution in [0.5, 0.6) is 0 Å². The highest BCUT2D eigenvalue weighted by molar-refractivity contribution is 7.54. The zero-order valence-electron chi connectivity index (χ0n) is 21.2. The van der Waals surface area contributed by atoms with Crippen LogP contribution in [0.15, 0.2) is 83.4 Å². The fourth-order valence-electron chi connectivity index (χ4n) is 4.91. The molecule has 0 aliphatic heterocycles. The molecule has 9 heteroatoms. The molecular weight excluding hydrogens is 503 g/mol. The summed E-state index contributed by atoms with van der Waals surface area (Å²) in [4.78, 5) is 16.8. The van der Waals surface area contributed by atoms with Crippen molar-refractivity contribution in [3.8, 4) is 0 Å². The number of pyridine rings is 1. The molecule has 196 valence electrons. The molecule has 3 aromatic carbocycles. The number of aryl methyl sites for hydroxylation is 1. The van der Waals surface area contributed by atoms with E-state index in [2.05, 4.69) is 10.3 Å². The van der Waals surface area contributed by atoms with E-state index in [4.69, 9.17) is 13.5 Å². The van der Waals surface area contributed by atoms with Gasteiger partial charge < -0.3 is 18.6 Å². The molecule has 0 aliphatic carbocycles. The van der Waals surface area contributed by atoms with Crippen LogP contribution in [-0.2, 0) is 31.2 Å². The largest absolute Gasteiger partial charge is 0.480 e. The molecule has 2 heterocycles. The number of carboxylic acids is 1. The molecule has 0 spiro atoms. The van der Waals surface area contributed by atoms with Gasteiger partial charge in [-0.1, -0.05) is 54.6 Å². The smallest absolute Gasteiger partial charge is 0.346 e. The average molecular weight is 533 g/mol. The summed E-state index contributed by atoms with van der Waals surface area (Å²) in [5, 5.41) is 16.1. The summed E-state index contributed by atoms with van der Waals surface area (Å²) in [6.07, 6.45) is 2.71. The zero-order valence-corrected chi connectivity index (χ0v) is 22.1. The molecule has 0 unspecified atom stereocenters. The van der Waals surface area contributed by atoms with E-state index in [0.29, 0.717) is 18.4 Å². The Morgan fingerprint density at radius 2 is 1.76 bits per heavy atom. The van der Waals surface area contributed by atoms with Crippen LogP contribution in [0.1, 0.15) is 17.5 Å². The van der Waals surface area contributed by atoms with Crippen LogP contribution in [0.25, 0.3) is 32.8 Å². The third-order valence-corrected chi connectivity index (χ3v) is 9.06. The van der Waals surface area contributed by atoms with Gasteiger partial charge in [0.25, 0.3) is 0 Å². The highest BCUT2D eigenvalue weighted by Gasteiger charge is 2.37. The summed E-state index contributed by atoms with van der Waals surface area (Å²) in [6, 6.07) is 22.2. The lowest BCUT2D eigenvalue weighted by Crippen LogP contribution is -2.45. The molecule has 0 bridgehead atoms. The maximum atomic E-state index is 13.5. The van der Waals surface area contributed by atoms with Crippen molar-refractivity contribution in [2.75, 3.05) is 14.2 Å². The van der Waals surface area contributed by atoms with Gasteiger partial charge in [0.05, 0.1) is 5.52 Å². The van der Waals surface area contributed by atoms with Gasteiger partial charge in [0.1, 0.15) is 23.0 Å². The number of rotatable bonds is 11. The van der Waals surface area contributed by atoms with Crippen molar-refractivity contribution in [1.82, 2.24) is 10.3 Å². The Balaban J connectivity index is 1.40. The Labute approximate surface area is 220 Å². The van der Waals surface area contributed by atoms with Crippen molar-refractivity contribution < 1.29 is 27.9 Å². The van der Waals surface area contributed by atoms with Crippen molar-refractivity contribution in [2.45, 2.75) is 31.1 Å². The minimum Gasteiger partial charge on any atom is -0.480 e. The molecule has 0 saturated heterocycles. The summed E-state index contributed by atoms with van der Waals surface area (Å²) in [6.45, 7) is 0. The number of carbonyl (C=O) groups is 1. The van der Waals surface area contributed by atoms with Gasteiger partial charge in [-0.25, -0.2) is 0 Å². The summed E-state index contributed by atoms with van der Waals surface area (Å²) < 4.78 is 30.0. The van der Waals surface area contributed by atoms with E-state index in [1.807, 2.05) is 72.8 Å². The number of fused-ring (bicyclic) bond motifs is 4. The second-order valence-electron chi connectivity index (χ2n) is 9.14. The lowest BCUT2D eigenvalue weighted by molar-refractivity contribution is -0.139. The number of aromatic nitrogens is 1. The average Bonchev–Trinajstić information content (AvgIpc) is 3.32. The Morgan fingerprint density at radius 3 is 2.55 bits per heavy atom. The second kappa shape index (κ2) is 11.1. The minimum atomic E-state index is -3.66. The van der Waals surface area contributed by atoms with Gasteiger partial charge in [-0.2, -0.15) is 0 Å². The minimum absolute atomic E-state index is 0.155. The molecule has 0 amide bonds. The number of para-hydroxylation sites is 2. The number of nitrogens with one attached hydrogen (secondary N) is 1. The first-order valence-electron chi connectivity index (χ1n) is 12.3.